The van der Waals surface area contributed by atoms with Gasteiger partial charge in [0.15, 0.2) is 0 Å². The average molecular weight is 349 g/mol. The lowest BCUT2D eigenvalue weighted by atomic mass is 9.89. The first kappa shape index (κ1) is 19.7. The molecule has 5 heteroatoms. The summed E-state index contributed by atoms with van der Waals surface area (Å²) in [5.41, 5.74) is 1.93. The molecule has 1 aromatic rings. The monoisotopic (exact) mass is 348 g/mol. The predicted molar refractivity (Wildman–Crippen MR) is 94.8 cm³/mol. The lowest BCUT2D eigenvalue weighted by Crippen LogP contribution is -2.46. The van der Waals surface area contributed by atoms with Crippen LogP contribution >= 0.6 is 24.8 Å². The van der Waals surface area contributed by atoms with Crippen LogP contribution in [0.3, 0.4) is 0 Å². The number of hydrogen-bond donors (Lipinski definition) is 1. The van der Waals surface area contributed by atoms with Crippen LogP contribution in [-0.4, -0.2) is 31.1 Å². The van der Waals surface area contributed by atoms with Gasteiger partial charge in [-0.2, -0.15) is 0 Å². The molecule has 1 N–H and O–H groups in total. The molecule has 22 heavy (non-hydrogen) atoms. The van der Waals surface area contributed by atoms with Crippen molar-refractivity contribution in [3.05, 3.63) is 35.1 Å². The number of piperazine rings is 1. The summed E-state index contributed by atoms with van der Waals surface area (Å²) in [5.74, 6) is 0.649. The van der Waals surface area contributed by atoms with E-state index in [0.717, 1.165) is 31.7 Å². The highest BCUT2D eigenvalue weighted by molar-refractivity contribution is 5.85. The number of nitrogens with zero attached hydrogens (tertiary/aromatic N) is 1. The van der Waals surface area contributed by atoms with Crippen LogP contribution in [0.1, 0.15) is 42.9 Å². The summed E-state index contributed by atoms with van der Waals surface area (Å²) in [5, 5.41) is 3.42. The summed E-state index contributed by atoms with van der Waals surface area (Å²) in [6, 6.07) is 6.27. The molecule has 2 nitrogen and oxygen atoms in total. The molecule has 1 saturated carbocycles. The maximum Gasteiger partial charge on any atom is 0.126 e. The summed E-state index contributed by atoms with van der Waals surface area (Å²) < 4.78 is 14.0. The maximum atomic E-state index is 14.0. The van der Waals surface area contributed by atoms with Gasteiger partial charge < -0.3 is 5.32 Å². The Morgan fingerprint density at radius 2 is 1.77 bits per heavy atom. The van der Waals surface area contributed by atoms with E-state index in [1.165, 1.54) is 31.2 Å². The smallest absolute Gasteiger partial charge is 0.126 e. The molecule has 1 atom stereocenters. The largest absolute Gasteiger partial charge is 0.314 e. The highest BCUT2D eigenvalue weighted by Crippen LogP contribution is 2.39. The molecule has 0 bridgehead atoms. The van der Waals surface area contributed by atoms with E-state index in [0.29, 0.717) is 12.0 Å². The maximum absolute atomic E-state index is 14.0. The first-order chi connectivity index (χ1) is 9.75. The molecule has 1 heterocycles. The van der Waals surface area contributed by atoms with Crippen molar-refractivity contribution in [1.29, 1.82) is 0 Å². The van der Waals surface area contributed by atoms with Gasteiger partial charge in [-0.05, 0) is 42.9 Å². The molecule has 126 valence electrons. The number of benzene rings is 1. The quantitative estimate of drug-likeness (QED) is 0.883. The van der Waals surface area contributed by atoms with Crippen LogP contribution in [0.4, 0.5) is 4.39 Å². The van der Waals surface area contributed by atoms with Crippen molar-refractivity contribution in [3.8, 4) is 0 Å². The zero-order valence-electron chi connectivity index (χ0n) is 13.2. The van der Waals surface area contributed by atoms with E-state index in [1.807, 2.05) is 13.0 Å². The van der Waals surface area contributed by atoms with E-state index in [-0.39, 0.29) is 30.6 Å². The van der Waals surface area contributed by atoms with E-state index in [1.54, 1.807) is 6.07 Å². The van der Waals surface area contributed by atoms with Gasteiger partial charge in [0.2, 0.25) is 0 Å². The van der Waals surface area contributed by atoms with Crippen molar-refractivity contribution in [1.82, 2.24) is 10.2 Å². The molecule has 0 aromatic heterocycles. The fourth-order valence-corrected chi connectivity index (χ4v) is 3.81. The van der Waals surface area contributed by atoms with E-state index in [9.17, 15) is 4.39 Å². The molecule has 2 aliphatic rings. The second-order valence-electron chi connectivity index (χ2n) is 6.28. The molecular formula is C17H27Cl2FN2. The second kappa shape index (κ2) is 9.07. The van der Waals surface area contributed by atoms with Crippen molar-refractivity contribution in [2.75, 3.05) is 26.2 Å². The minimum absolute atomic E-state index is 0. The Hall–Kier alpha value is -0.350. The van der Waals surface area contributed by atoms with Gasteiger partial charge >= 0.3 is 0 Å². The van der Waals surface area contributed by atoms with Gasteiger partial charge in [0, 0.05) is 32.2 Å². The molecule has 0 radical (unpaired) electrons. The summed E-state index contributed by atoms with van der Waals surface area (Å²) in [7, 11) is 0. The lowest BCUT2D eigenvalue weighted by Gasteiger charge is -2.38. The Bertz CT molecular complexity index is 458. The predicted octanol–water partition coefficient (Wildman–Crippen LogP) is 4.11. The third-order valence-corrected chi connectivity index (χ3v) is 4.93. The number of aryl methyl sites for hydroxylation is 1. The van der Waals surface area contributed by atoms with Crippen molar-refractivity contribution in [2.45, 2.75) is 38.6 Å². The van der Waals surface area contributed by atoms with Gasteiger partial charge in [-0.1, -0.05) is 25.0 Å². The summed E-state index contributed by atoms with van der Waals surface area (Å²) in [4.78, 5) is 2.57. The Labute approximate surface area is 145 Å². The number of rotatable bonds is 3. The van der Waals surface area contributed by atoms with Crippen molar-refractivity contribution < 1.29 is 4.39 Å². The fraction of sp³-hybridized carbons (Fsp3) is 0.647. The Morgan fingerprint density at radius 1 is 1.14 bits per heavy atom. The summed E-state index contributed by atoms with van der Waals surface area (Å²) in [6.07, 6.45) is 5.26. The Morgan fingerprint density at radius 3 is 2.36 bits per heavy atom. The Kier molecular flexibility index (Phi) is 8.12. The van der Waals surface area contributed by atoms with Crippen LogP contribution in [0, 0.1) is 18.7 Å². The molecule has 2 fully saturated rings. The van der Waals surface area contributed by atoms with E-state index >= 15 is 0 Å². The summed E-state index contributed by atoms with van der Waals surface area (Å²) in [6.45, 7) is 6.11. The highest BCUT2D eigenvalue weighted by atomic mass is 35.5. The lowest BCUT2D eigenvalue weighted by molar-refractivity contribution is 0.125. The number of halogens is 3. The van der Waals surface area contributed by atoms with Gasteiger partial charge in [-0.25, -0.2) is 4.39 Å². The average Bonchev–Trinajstić information content (AvgIpc) is 2.98. The normalized spacial score (nSPS) is 21.0. The highest BCUT2D eigenvalue weighted by Gasteiger charge is 2.32. The van der Waals surface area contributed by atoms with Crippen molar-refractivity contribution >= 4 is 24.8 Å². The van der Waals surface area contributed by atoms with E-state index < -0.39 is 0 Å². The minimum Gasteiger partial charge on any atom is -0.314 e. The molecule has 0 spiro atoms. The number of hydrogen-bond acceptors (Lipinski definition) is 2. The van der Waals surface area contributed by atoms with Crippen LogP contribution in [-0.2, 0) is 0 Å². The molecule has 1 aliphatic heterocycles. The van der Waals surface area contributed by atoms with Crippen molar-refractivity contribution in [3.63, 3.8) is 0 Å². The number of nitrogens with one attached hydrogen (secondary N) is 1. The summed E-state index contributed by atoms with van der Waals surface area (Å²) >= 11 is 0. The van der Waals surface area contributed by atoms with E-state index in [2.05, 4.69) is 16.3 Å². The minimum atomic E-state index is -0.0550. The van der Waals surface area contributed by atoms with Crippen LogP contribution in [0.2, 0.25) is 0 Å². The molecule has 1 saturated heterocycles. The fourth-order valence-electron chi connectivity index (χ4n) is 3.81. The first-order valence-electron chi connectivity index (χ1n) is 7.96. The molecular weight excluding hydrogens is 322 g/mol. The molecule has 0 amide bonds. The van der Waals surface area contributed by atoms with E-state index in [4.69, 9.17) is 0 Å². The first-order valence-corrected chi connectivity index (χ1v) is 7.96. The van der Waals surface area contributed by atoms with Crippen LogP contribution in [0.25, 0.3) is 0 Å². The molecule has 1 aromatic carbocycles. The third-order valence-electron chi connectivity index (χ3n) is 4.93. The van der Waals surface area contributed by atoms with Crippen LogP contribution < -0.4 is 5.32 Å². The third kappa shape index (κ3) is 4.35. The topological polar surface area (TPSA) is 15.3 Å². The van der Waals surface area contributed by atoms with Gasteiger partial charge in [0.1, 0.15) is 5.82 Å². The molecule has 1 aliphatic carbocycles. The van der Waals surface area contributed by atoms with Crippen LogP contribution in [0.15, 0.2) is 18.2 Å². The zero-order valence-corrected chi connectivity index (χ0v) is 14.8. The molecule has 0 unspecified atom stereocenters. The van der Waals surface area contributed by atoms with Gasteiger partial charge in [0.05, 0.1) is 0 Å². The van der Waals surface area contributed by atoms with Crippen molar-refractivity contribution in [2.24, 2.45) is 5.92 Å². The standard InChI is InChI=1S/C17H25FN2.2ClH/c1-13-6-7-15(12-16(13)18)17(14-4-2-3-5-14)20-10-8-19-9-11-20;;/h6-7,12,14,17,19H,2-5,8-11H2,1H3;2*1H/t17-;;/m1../s1. The van der Waals surface area contributed by atoms with Gasteiger partial charge in [0.25, 0.3) is 0 Å². The zero-order chi connectivity index (χ0) is 13.9. The van der Waals surface area contributed by atoms with Gasteiger partial charge in [-0.15, -0.1) is 24.8 Å². The van der Waals surface area contributed by atoms with Gasteiger partial charge in [-0.3, -0.25) is 4.90 Å². The SMILES string of the molecule is Cc1ccc([C@@H](C2CCCC2)N2CCNCC2)cc1F.Cl.Cl. The second-order valence-corrected chi connectivity index (χ2v) is 6.28. The van der Waals surface area contributed by atoms with Crippen LogP contribution in [0.5, 0.6) is 0 Å². The Balaban J connectivity index is 0.00000121. The molecule has 3 rings (SSSR count).